The van der Waals surface area contributed by atoms with Gasteiger partial charge in [0.1, 0.15) is 10.8 Å². The van der Waals surface area contributed by atoms with Crippen molar-refractivity contribution in [3.63, 3.8) is 0 Å². The van der Waals surface area contributed by atoms with E-state index in [1.165, 1.54) is 7.11 Å². The van der Waals surface area contributed by atoms with Crippen LogP contribution in [0.1, 0.15) is 28.9 Å². The highest BCUT2D eigenvalue weighted by molar-refractivity contribution is 6.30. The molecule has 0 saturated carbocycles. The molecule has 0 fully saturated rings. The van der Waals surface area contributed by atoms with Crippen LogP contribution >= 0.6 is 11.6 Å². The summed E-state index contributed by atoms with van der Waals surface area (Å²) in [4.78, 5) is 15.1. The molecule has 0 unspecified atom stereocenters. The Bertz CT molecular complexity index is 368. The van der Waals surface area contributed by atoms with Crippen LogP contribution in [0.5, 0.6) is 0 Å². The maximum absolute atomic E-state index is 11.2. The van der Waals surface area contributed by atoms with Gasteiger partial charge in [-0.3, -0.25) is 0 Å². The third kappa shape index (κ3) is 3.47. The fourth-order valence-corrected chi connectivity index (χ4v) is 1.54. The molecule has 5 heteroatoms. The van der Waals surface area contributed by atoms with E-state index >= 15 is 0 Å². The molecule has 0 saturated heterocycles. The van der Waals surface area contributed by atoms with Crippen LogP contribution in [-0.4, -0.2) is 29.8 Å². The highest BCUT2D eigenvalue weighted by atomic mass is 35.5. The lowest BCUT2D eigenvalue weighted by molar-refractivity contribution is 0.0594. The zero-order valence-electron chi connectivity index (χ0n) is 9.07. The number of carbonyl (C=O) groups is 1. The van der Waals surface area contributed by atoms with Crippen molar-refractivity contribution in [2.24, 2.45) is 0 Å². The van der Waals surface area contributed by atoms with Crippen molar-refractivity contribution in [1.82, 2.24) is 4.98 Å². The molecule has 1 aromatic heterocycles. The number of aromatic nitrogens is 1. The number of halogens is 1. The summed E-state index contributed by atoms with van der Waals surface area (Å²) in [5, 5.41) is 8.97. The second-order valence-corrected chi connectivity index (χ2v) is 3.68. The quantitative estimate of drug-likeness (QED) is 0.487. The van der Waals surface area contributed by atoms with Crippen LogP contribution in [-0.2, 0) is 11.2 Å². The first kappa shape index (κ1) is 12.9. The van der Waals surface area contributed by atoms with Gasteiger partial charge in [0.05, 0.1) is 7.11 Å². The van der Waals surface area contributed by atoms with Gasteiger partial charge in [0.25, 0.3) is 0 Å². The van der Waals surface area contributed by atoms with Gasteiger partial charge < -0.3 is 9.84 Å². The number of hydrogen-bond donors (Lipinski definition) is 1. The molecule has 0 amide bonds. The average molecular weight is 244 g/mol. The predicted molar refractivity (Wildman–Crippen MR) is 60.6 cm³/mol. The molecule has 1 N–H and O–H groups in total. The highest BCUT2D eigenvalue weighted by Crippen LogP contribution is 2.16. The van der Waals surface area contributed by atoms with Crippen LogP contribution in [0.25, 0.3) is 0 Å². The first-order valence-corrected chi connectivity index (χ1v) is 5.41. The van der Waals surface area contributed by atoms with Crippen LogP contribution in [0, 0.1) is 0 Å². The van der Waals surface area contributed by atoms with E-state index in [1.54, 1.807) is 12.1 Å². The number of nitrogens with zero attached hydrogens (tertiary/aromatic N) is 1. The van der Waals surface area contributed by atoms with Gasteiger partial charge in [0, 0.05) is 6.61 Å². The molecule has 0 spiro atoms. The summed E-state index contributed by atoms with van der Waals surface area (Å²) in [7, 11) is 1.30. The number of ether oxygens (including phenoxy) is 1. The largest absolute Gasteiger partial charge is 0.464 e. The van der Waals surface area contributed by atoms with Crippen molar-refractivity contribution in [3.8, 4) is 0 Å². The van der Waals surface area contributed by atoms with Crippen LogP contribution in [0.4, 0.5) is 0 Å². The van der Waals surface area contributed by atoms with Crippen LogP contribution in [0.3, 0.4) is 0 Å². The first-order valence-electron chi connectivity index (χ1n) is 5.03. The van der Waals surface area contributed by atoms with Crippen molar-refractivity contribution in [2.45, 2.75) is 19.3 Å². The number of carbonyl (C=O) groups excluding carboxylic acids is 1. The second-order valence-electron chi connectivity index (χ2n) is 3.32. The van der Waals surface area contributed by atoms with Crippen molar-refractivity contribution < 1.29 is 14.6 Å². The summed E-state index contributed by atoms with van der Waals surface area (Å²) in [6.45, 7) is 0.172. The monoisotopic (exact) mass is 243 g/mol. The van der Waals surface area contributed by atoms with E-state index in [0.717, 1.165) is 24.8 Å². The minimum atomic E-state index is -0.496. The number of aliphatic hydroxyl groups excluding tert-OH is 1. The van der Waals surface area contributed by atoms with Gasteiger partial charge in [0.2, 0.25) is 0 Å². The molecule has 88 valence electrons. The summed E-state index contributed by atoms with van der Waals surface area (Å²) in [5.74, 6) is -0.496. The summed E-state index contributed by atoms with van der Waals surface area (Å²) in [5.41, 5.74) is 1.08. The van der Waals surface area contributed by atoms with Crippen molar-refractivity contribution >= 4 is 17.6 Å². The molecule has 0 radical (unpaired) electrons. The van der Waals surface area contributed by atoms with Crippen LogP contribution in [0.15, 0.2) is 12.1 Å². The van der Waals surface area contributed by atoms with Gasteiger partial charge in [0.15, 0.2) is 0 Å². The van der Waals surface area contributed by atoms with E-state index in [1.807, 2.05) is 0 Å². The molecular formula is C11H14ClNO3. The van der Waals surface area contributed by atoms with E-state index in [4.69, 9.17) is 16.7 Å². The highest BCUT2D eigenvalue weighted by Gasteiger charge is 2.10. The number of rotatable bonds is 5. The zero-order chi connectivity index (χ0) is 12.0. The Labute approximate surface area is 99.2 Å². The van der Waals surface area contributed by atoms with Gasteiger partial charge in [-0.15, -0.1) is 0 Å². The number of esters is 1. The minimum Gasteiger partial charge on any atom is -0.464 e. The second kappa shape index (κ2) is 6.45. The molecule has 1 aromatic rings. The molecule has 1 heterocycles. The van der Waals surface area contributed by atoms with E-state index in [2.05, 4.69) is 9.72 Å². The average Bonchev–Trinajstić information content (AvgIpc) is 2.30. The van der Waals surface area contributed by atoms with E-state index in [-0.39, 0.29) is 12.3 Å². The number of methoxy groups -OCH3 is 1. The lowest BCUT2D eigenvalue weighted by atomic mass is 10.1. The molecule has 0 atom stereocenters. The molecule has 4 nitrogen and oxygen atoms in total. The van der Waals surface area contributed by atoms with Gasteiger partial charge in [-0.05, 0) is 30.9 Å². The lowest BCUT2D eigenvalue weighted by Gasteiger charge is -2.04. The lowest BCUT2D eigenvalue weighted by Crippen LogP contribution is -2.05. The Morgan fingerprint density at radius 1 is 1.50 bits per heavy atom. The predicted octanol–water partition coefficient (Wildman–Crippen LogP) is 1.84. The summed E-state index contributed by atoms with van der Waals surface area (Å²) in [6, 6.07) is 3.35. The maximum atomic E-state index is 11.2. The molecule has 0 aliphatic heterocycles. The summed E-state index contributed by atoms with van der Waals surface area (Å²) in [6.07, 6.45) is 2.32. The SMILES string of the molecule is COC(=O)c1ccc(CCCCO)c(Cl)n1. The smallest absolute Gasteiger partial charge is 0.356 e. The molecule has 0 aromatic carbocycles. The van der Waals surface area contributed by atoms with Gasteiger partial charge >= 0.3 is 5.97 Å². The Balaban J connectivity index is 2.71. The Morgan fingerprint density at radius 2 is 2.25 bits per heavy atom. The molecular weight excluding hydrogens is 230 g/mol. The first-order chi connectivity index (χ1) is 7.69. The fourth-order valence-electron chi connectivity index (χ4n) is 1.30. The van der Waals surface area contributed by atoms with Crippen LogP contribution in [0.2, 0.25) is 5.15 Å². The molecule has 0 bridgehead atoms. The standard InChI is InChI=1S/C11H14ClNO3/c1-16-11(15)9-6-5-8(10(12)13-9)4-2-3-7-14/h5-6,14H,2-4,7H2,1H3. The third-order valence-electron chi connectivity index (χ3n) is 2.17. The maximum Gasteiger partial charge on any atom is 0.356 e. The van der Waals surface area contributed by atoms with E-state index in [9.17, 15) is 4.79 Å². The Hall–Kier alpha value is -1.13. The Morgan fingerprint density at radius 3 is 2.81 bits per heavy atom. The molecule has 16 heavy (non-hydrogen) atoms. The summed E-state index contributed by atoms with van der Waals surface area (Å²) >= 11 is 5.93. The number of pyridine rings is 1. The minimum absolute atomic E-state index is 0.172. The summed E-state index contributed by atoms with van der Waals surface area (Å²) < 4.78 is 4.54. The van der Waals surface area contributed by atoms with Gasteiger partial charge in [-0.25, -0.2) is 9.78 Å². The van der Waals surface area contributed by atoms with E-state index < -0.39 is 5.97 Å². The topological polar surface area (TPSA) is 59.4 Å². The normalized spacial score (nSPS) is 10.2. The van der Waals surface area contributed by atoms with Crippen molar-refractivity contribution in [2.75, 3.05) is 13.7 Å². The number of aliphatic hydroxyl groups is 1. The number of unbranched alkanes of at least 4 members (excludes halogenated alkanes) is 1. The molecule has 0 aliphatic carbocycles. The van der Waals surface area contributed by atoms with Gasteiger partial charge in [-0.1, -0.05) is 17.7 Å². The van der Waals surface area contributed by atoms with Crippen LogP contribution < -0.4 is 0 Å². The van der Waals surface area contributed by atoms with Crippen molar-refractivity contribution in [3.05, 3.63) is 28.5 Å². The zero-order valence-corrected chi connectivity index (χ0v) is 9.83. The Kier molecular flexibility index (Phi) is 5.22. The fraction of sp³-hybridized carbons (Fsp3) is 0.455. The number of hydrogen-bond acceptors (Lipinski definition) is 4. The van der Waals surface area contributed by atoms with Gasteiger partial charge in [-0.2, -0.15) is 0 Å². The molecule has 1 rings (SSSR count). The number of aryl methyl sites for hydroxylation is 1. The van der Waals surface area contributed by atoms with Crippen molar-refractivity contribution in [1.29, 1.82) is 0 Å². The van der Waals surface area contributed by atoms with E-state index in [0.29, 0.717) is 5.15 Å². The third-order valence-corrected chi connectivity index (χ3v) is 2.50. The molecule has 0 aliphatic rings.